The molecule has 1 fully saturated rings. The number of thioether (sulfide) groups is 1. The van der Waals surface area contributed by atoms with E-state index < -0.39 is 5.25 Å². The maximum atomic E-state index is 12.8. The van der Waals surface area contributed by atoms with E-state index in [2.05, 4.69) is 0 Å². The highest BCUT2D eigenvalue weighted by molar-refractivity contribution is 8.15. The SMILES string of the molecule is COc1cc(C)c(C[C@@H]2SC(=O)N(CCOc3ccc(C)cc3)C2=O)cc1OC. The van der Waals surface area contributed by atoms with Gasteiger partial charge in [0, 0.05) is 0 Å². The monoisotopic (exact) mass is 415 g/mol. The van der Waals surface area contributed by atoms with Gasteiger partial charge in [-0.3, -0.25) is 14.5 Å². The summed E-state index contributed by atoms with van der Waals surface area (Å²) >= 11 is 1.07. The molecule has 1 saturated heterocycles. The van der Waals surface area contributed by atoms with Crippen molar-refractivity contribution in [3.63, 3.8) is 0 Å². The van der Waals surface area contributed by atoms with Crippen LogP contribution in [0.3, 0.4) is 0 Å². The summed E-state index contributed by atoms with van der Waals surface area (Å²) in [4.78, 5) is 26.4. The van der Waals surface area contributed by atoms with E-state index in [1.54, 1.807) is 14.2 Å². The standard InChI is InChI=1S/C22H25NO5S/c1-14-5-7-17(8-6-14)28-10-9-23-21(24)20(29-22(23)25)13-16-12-19(27-4)18(26-3)11-15(16)2/h5-8,11-12,20H,9-10,13H2,1-4H3/t20-/m0/s1. The molecule has 29 heavy (non-hydrogen) atoms. The lowest BCUT2D eigenvalue weighted by Gasteiger charge is -2.16. The van der Waals surface area contributed by atoms with Gasteiger partial charge in [0.2, 0.25) is 5.91 Å². The summed E-state index contributed by atoms with van der Waals surface area (Å²) in [6, 6.07) is 11.4. The van der Waals surface area contributed by atoms with Gasteiger partial charge in [0.1, 0.15) is 12.4 Å². The topological polar surface area (TPSA) is 65.1 Å². The van der Waals surface area contributed by atoms with Crippen molar-refractivity contribution in [2.75, 3.05) is 27.4 Å². The third-order valence-electron chi connectivity index (χ3n) is 4.86. The molecular weight excluding hydrogens is 390 g/mol. The van der Waals surface area contributed by atoms with Crippen LogP contribution in [0.25, 0.3) is 0 Å². The first-order chi connectivity index (χ1) is 13.9. The molecule has 0 spiro atoms. The van der Waals surface area contributed by atoms with E-state index in [1.165, 1.54) is 4.90 Å². The van der Waals surface area contributed by atoms with Crippen LogP contribution in [0.4, 0.5) is 4.79 Å². The molecular formula is C22H25NO5S. The first-order valence-corrected chi connectivity index (χ1v) is 10.2. The van der Waals surface area contributed by atoms with E-state index >= 15 is 0 Å². The number of nitrogens with zero attached hydrogens (tertiary/aromatic N) is 1. The van der Waals surface area contributed by atoms with Crippen LogP contribution in [0.2, 0.25) is 0 Å². The molecule has 1 atom stereocenters. The Bertz CT molecular complexity index is 897. The third kappa shape index (κ3) is 4.85. The van der Waals surface area contributed by atoms with E-state index in [4.69, 9.17) is 14.2 Å². The second kappa shape index (κ2) is 9.22. The van der Waals surface area contributed by atoms with Crippen LogP contribution in [0.15, 0.2) is 36.4 Å². The number of methoxy groups -OCH3 is 2. The Hall–Kier alpha value is -2.67. The summed E-state index contributed by atoms with van der Waals surface area (Å²) in [5.74, 6) is 1.80. The Labute approximate surface area is 175 Å². The summed E-state index contributed by atoms with van der Waals surface area (Å²) in [6.07, 6.45) is 0.455. The number of aryl methyl sites for hydroxylation is 2. The number of amides is 2. The van der Waals surface area contributed by atoms with Gasteiger partial charge in [-0.1, -0.05) is 29.5 Å². The molecule has 1 aliphatic rings. The molecule has 3 rings (SSSR count). The van der Waals surface area contributed by atoms with Crippen LogP contribution in [-0.4, -0.2) is 48.7 Å². The van der Waals surface area contributed by atoms with E-state index in [9.17, 15) is 9.59 Å². The molecule has 0 bridgehead atoms. The maximum Gasteiger partial charge on any atom is 0.289 e. The maximum absolute atomic E-state index is 12.8. The number of ether oxygens (including phenoxy) is 3. The highest BCUT2D eigenvalue weighted by Gasteiger charge is 2.39. The molecule has 0 saturated carbocycles. The largest absolute Gasteiger partial charge is 0.493 e. The zero-order valence-electron chi connectivity index (χ0n) is 17.1. The van der Waals surface area contributed by atoms with Crippen molar-refractivity contribution in [3.05, 3.63) is 53.1 Å². The molecule has 154 valence electrons. The molecule has 0 radical (unpaired) electrons. The smallest absolute Gasteiger partial charge is 0.289 e. The second-order valence-electron chi connectivity index (χ2n) is 6.86. The fourth-order valence-electron chi connectivity index (χ4n) is 3.16. The first kappa shape index (κ1) is 21.0. The van der Waals surface area contributed by atoms with E-state index in [1.807, 2.05) is 50.2 Å². The normalized spacial score (nSPS) is 16.3. The lowest BCUT2D eigenvalue weighted by molar-refractivity contribution is -0.126. The van der Waals surface area contributed by atoms with Crippen molar-refractivity contribution < 1.29 is 23.8 Å². The Morgan fingerprint density at radius 3 is 2.31 bits per heavy atom. The van der Waals surface area contributed by atoms with E-state index in [0.29, 0.717) is 17.9 Å². The van der Waals surface area contributed by atoms with E-state index in [-0.39, 0.29) is 24.3 Å². The average molecular weight is 416 g/mol. The van der Waals surface area contributed by atoms with Crippen LogP contribution in [0.5, 0.6) is 17.2 Å². The zero-order valence-corrected chi connectivity index (χ0v) is 17.9. The summed E-state index contributed by atoms with van der Waals surface area (Å²) in [5.41, 5.74) is 3.09. The van der Waals surface area contributed by atoms with Gasteiger partial charge < -0.3 is 14.2 Å². The van der Waals surface area contributed by atoms with Gasteiger partial charge in [0.25, 0.3) is 5.24 Å². The summed E-state index contributed by atoms with van der Waals surface area (Å²) < 4.78 is 16.3. The predicted molar refractivity (Wildman–Crippen MR) is 113 cm³/mol. The number of rotatable bonds is 8. The number of benzene rings is 2. The van der Waals surface area contributed by atoms with Crippen LogP contribution in [0.1, 0.15) is 16.7 Å². The number of hydrogen-bond acceptors (Lipinski definition) is 6. The van der Waals surface area contributed by atoms with Crippen molar-refractivity contribution >= 4 is 22.9 Å². The predicted octanol–water partition coefficient (Wildman–Crippen LogP) is 4.01. The van der Waals surface area contributed by atoms with Crippen LogP contribution < -0.4 is 14.2 Å². The highest BCUT2D eigenvalue weighted by atomic mass is 32.2. The zero-order chi connectivity index (χ0) is 21.0. The van der Waals surface area contributed by atoms with Crippen LogP contribution in [0, 0.1) is 13.8 Å². The number of imide groups is 1. The van der Waals surface area contributed by atoms with Crippen molar-refractivity contribution in [2.45, 2.75) is 25.5 Å². The average Bonchev–Trinajstić information content (AvgIpc) is 2.98. The molecule has 2 amide bonds. The van der Waals surface area contributed by atoms with E-state index in [0.717, 1.165) is 34.2 Å². The lowest BCUT2D eigenvalue weighted by atomic mass is 10.0. The van der Waals surface area contributed by atoms with Crippen LogP contribution >= 0.6 is 11.8 Å². The molecule has 0 unspecified atom stereocenters. The van der Waals surface area contributed by atoms with Gasteiger partial charge in [-0.25, -0.2) is 0 Å². The van der Waals surface area contributed by atoms with Crippen molar-refractivity contribution in [3.8, 4) is 17.2 Å². The van der Waals surface area contributed by atoms with Crippen molar-refractivity contribution in [1.82, 2.24) is 4.90 Å². The van der Waals surface area contributed by atoms with Gasteiger partial charge in [-0.15, -0.1) is 0 Å². The molecule has 0 N–H and O–H groups in total. The lowest BCUT2D eigenvalue weighted by Crippen LogP contribution is -2.35. The number of carbonyl (C=O) groups excluding carboxylic acids is 2. The molecule has 2 aromatic carbocycles. The fourth-order valence-corrected chi connectivity index (χ4v) is 4.20. The number of carbonyl (C=O) groups is 2. The Morgan fingerprint density at radius 1 is 1.00 bits per heavy atom. The van der Waals surface area contributed by atoms with Crippen LogP contribution in [-0.2, 0) is 11.2 Å². The van der Waals surface area contributed by atoms with Crippen molar-refractivity contribution in [1.29, 1.82) is 0 Å². The molecule has 7 heteroatoms. The van der Waals surface area contributed by atoms with Gasteiger partial charge in [0.15, 0.2) is 11.5 Å². The molecule has 1 aliphatic heterocycles. The van der Waals surface area contributed by atoms with Gasteiger partial charge in [0.05, 0.1) is 26.0 Å². The minimum atomic E-state index is -0.446. The quantitative estimate of drug-likeness (QED) is 0.649. The molecule has 1 heterocycles. The van der Waals surface area contributed by atoms with Gasteiger partial charge in [-0.2, -0.15) is 0 Å². The minimum Gasteiger partial charge on any atom is -0.493 e. The minimum absolute atomic E-state index is 0.179. The van der Waals surface area contributed by atoms with Crippen molar-refractivity contribution in [2.24, 2.45) is 0 Å². The fraction of sp³-hybridized carbons (Fsp3) is 0.364. The Kier molecular flexibility index (Phi) is 6.69. The second-order valence-corrected chi connectivity index (χ2v) is 8.02. The molecule has 6 nitrogen and oxygen atoms in total. The summed E-state index contributed by atoms with van der Waals surface area (Å²) in [6.45, 7) is 4.46. The molecule has 0 aromatic heterocycles. The highest BCUT2D eigenvalue weighted by Crippen LogP contribution is 2.34. The summed E-state index contributed by atoms with van der Waals surface area (Å²) in [5, 5.41) is -0.677. The Morgan fingerprint density at radius 2 is 1.66 bits per heavy atom. The third-order valence-corrected chi connectivity index (χ3v) is 5.93. The summed E-state index contributed by atoms with van der Waals surface area (Å²) in [7, 11) is 3.16. The molecule has 2 aromatic rings. The Balaban J connectivity index is 1.62. The molecule has 0 aliphatic carbocycles. The first-order valence-electron chi connectivity index (χ1n) is 9.36. The van der Waals surface area contributed by atoms with Gasteiger partial charge in [-0.05, 0) is 55.7 Å². The number of hydrogen-bond donors (Lipinski definition) is 0. The van der Waals surface area contributed by atoms with Gasteiger partial charge >= 0.3 is 0 Å².